The van der Waals surface area contributed by atoms with Crippen LogP contribution in [0.2, 0.25) is 0 Å². The molecule has 3 heteroatoms. The van der Waals surface area contributed by atoms with Crippen LogP contribution in [0.3, 0.4) is 0 Å². The normalized spacial score (nSPS) is 16.1. The van der Waals surface area contributed by atoms with Gasteiger partial charge >= 0.3 is 5.97 Å². The molecule has 0 aromatic heterocycles. The summed E-state index contributed by atoms with van der Waals surface area (Å²) in [5.74, 6) is -0.232. The molecule has 2 rings (SSSR count). The molecular weight excluding hydrogens is 214 g/mol. The molecule has 3 nitrogen and oxygen atoms in total. The Labute approximate surface area is 102 Å². The minimum absolute atomic E-state index is 0.101. The first-order valence-electron chi connectivity index (χ1n) is 6.15. The number of ether oxygens (including phenoxy) is 1. The van der Waals surface area contributed by atoms with Crippen molar-refractivity contribution in [1.82, 2.24) is 0 Å². The number of anilines is 1. The fraction of sp³-hybridized carbons (Fsp3) is 0.500. The van der Waals surface area contributed by atoms with E-state index in [-0.39, 0.29) is 12.1 Å². The Kier molecular flexibility index (Phi) is 3.36. The van der Waals surface area contributed by atoms with Crippen molar-refractivity contribution in [2.24, 2.45) is 0 Å². The summed E-state index contributed by atoms with van der Waals surface area (Å²) < 4.78 is 5.49. The number of aryl methyl sites for hydroxylation is 1. The van der Waals surface area contributed by atoms with E-state index in [4.69, 9.17) is 10.5 Å². The van der Waals surface area contributed by atoms with Crippen LogP contribution in [-0.2, 0) is 4.74 Å². The monoisotopic (exact) mass is 233 g/mol. The molecule has 0 atom stereocenters. The average Bonchev–Trinajstić information content (AvgIpc) is 2.76. The molecule has 17 heavy (non-hydrogen) atoms. The number of hydrogen-bond donors (Lipinski definition) is 1. The molecule has 0 saturated heterocycles. The number of nitrogen functional groups attached to an aromatic ring is 1. The molecule has 1 saturated carbocycles. The quantitative estimate of drug-likeness (QED) is 0.631. The van der Waals surface area contributed by atoms with Gasteiger partial charge in [-0.25, -0.2) is 4.79 Å². The highest BCUT2D eigenvalue weighted by Crippen LogP contribution is 2.24. The highest BCUT2D eigenvalue weighted by Gasteiger charge is 2.21. The minimum atomic E-state index is -0.232. The van der Waals surface area contributed by atoms with Crippen molar-refractivity contribution in [1.29, 1.82) is 0 Å². The maximum absolute atomic E-state index is 12.0. The number of esters is 1. The number of rotatable bonds is 2. The second-order valence-electron chi connectivity index (χ2n) is 4.82. The van der Waals surface area contributed by atoms with E-state index in [0.29, 0.717) is 11.3 Å². The summed E-state index contributed by atoms with van der Waals surface area (Å²) in [4.78, 5) is 12.0. The Balaban J connectivity index is 2.18. The first kappa shape index (κ1) is 12.0. The van der Waals surface area contributed by atoms with Crippen molar-refractivity contribution in [3.63, 3.8) is 0 Å². The summed E-state index contributed by atoms with van der Waals surface area (Å²) in [6.45, 7) is 3.89. The van der Waals surface area contributed by atoms with Crippen LogP contribution in [0.1, 0.15) is 47.2 Å². The predicted octanol–water partition coefficient (Wildman–Crippen LogP) is 2.99. The Morgan fingerprint density at radius 2 is 1.94 bits per heavy atom. The summed E-state index contributed by atoms with van der Waals surface area (Å²) in [5.41, 5.74) is 8.98. The summed E-state index contributed by atoms with van der Waals surface area (Å²) in [5, 5.41) is 0. The highest BCUT2D eigenvalue weighted by molar-refractivity contribution is 5.92. The van der Waals surface area contributed by atoms with Crippen LogP contribution in [-0.4, -0.2) is 12.1 Å². The van der Waals surface area contributed by atoms with Gasteiger partial charge in [-0.3, -0.25) is 0 Å². The van der Waals surface area contributed by atoms with Gasteiger partial charge in [-0.05, 0) is 62.8 Å². The first-order chi connectivity index (χ1) is 8.08. The largest absolute Gasteiger partial charge is 0.459 e. The second kappa shape index (κ2) is 4.78. The van der Waals surface area contributed by atoms with Gasteiger partial charge in [-0.1, -0.05) is 0 Å². The molecule has 1 aliphatic carbocycles. The van der Waals surface area contributed by atoms with Gasteiger partial charge in [-0.2, -0.15) is 0 Å². The van der Waals surface area contributed by atoms with Crippen LogP contribution in [0.5, 0.6) is 0 Å². The smallest absolute Gasteiger partial charge is 0.338 e. The van der Waals surface area contributed by atoms with Crippen LogP contribution < -0.4 is 5.73 Å². The standard InChI is InChI=1S/C14H19NO2/c1-9-7-11(15)8-13(10(9)2)14(16)17-12-5-3-4-6-12/h7-8,12H,3-6,15H2,1-2H3. The van der Waals surface area contributed by atoms with Gasteiger partial charge in [0.05, 0.1) is 5.56 Å². The fourth-order valence-corrected chi connectivity index (χ4v) is 2.32. The Morgan fingerprint density at radius 1 is 1.29 bits per heavy atom. The van der Waals surface area contributed by atoms with Crippen molar-refractivity contribution in [3.05, 3.63) is 28.8 Å². The third-order valence-corrected chi connectivity index (χ3v) is 3.49. The van der Waals surface area contributed by atoms with Gasteiger partial charge in [0.25, 0.3) is 0 Å². The summed E-state index contributed by atoms with van der Waals surface area (Å²) in [6, 6.07) is 3.58. The molecular formula is C14H19NO2. The van der Waals surface area contributed by atoms with E-state index in [1.807, 2.05) is 19.9 Å². The number of carbonyl (C=O) groups excluding carboxylic acids is 1. The molecule has 0 amide bonds. The Bertz CT molecular complexity index is 434. The van der Waals surface area contributed by atoms with Gasteiger partial charge in [-0.15, -0.1) is 0 Å². The molecule has 0 aliphatic heterocycles. The third kappa shape index (κ3) is 2.60. The fourth-order valence-electron chi connectivity index (χ4n) is 2.32. The number of benzene rings is 1. The van der Waals surface area contributed by atoms with E-state index in [0.717, 1.165) is 36.8 Å². The van der Waals surface area contributed by atoms with E-state index in [1.165, 1.54) is 0 Å². The molecule has 1 aliphatic rings. The van der Waals surface area contributed by atoms with E-state index < -0.39 is 0 Å². The molecule has 92 valence electrons. The van der Waals surface area contributed by atoms with Crippen LogP contribution in [0.15, 0.2) is 12.1 Å². The molecule has 0 unspecified atom stereocenters. The van der Waals surface area contributed by atoms with E-state index in [1.54, 1.807) is 6.07 Å². The molecule has 0 bridgehead atoms. The lowest BCUT2D eigenvalue weighted by atomic mass is 10.0. The van der Waals surface area contributed by atoms with Crippen molar-refractivity contribution in [3.8, 4) is 0 Å². The van der Waals surface area contributed by atoms with Gasteiger partial charge in [0.2, 0.25) is 0 Å². The Hall–Kier alpha value is -1.51. The van der Waals surface area contributed by atoms with Crippen LogP contribution >= 0.6 is 0 Å². The summed E-state index contributed by atoms with van der Waals surface area (Å²) >= 11 is 0. The molecule has 0 spiro atoms. The lowest BCUT2D eigenvalue weighted by Gasteiger charge is -2.14. The number of nitrogens with two attached hydrogens (primary N) is 1. The zero-order valence-corrected chi connectivity index (χ0v) is 10.5. The average molecular weight is 233 g/mol. The summed E-state index contributed by atoms with van der Waals surface area (Å²) in [6.07, 6.45) is 4.40. The van der Waals surface area contributed by atoms with E-state index in [2.05, 4.69) is 0 Å². The summed E-state index contributed by atoms with van der Waals surface area (Å²) in [7, 11) is 0. The molecule has 1 aromatic rings. The third-order valence-electron chi connectivity index (χ3n) is 3.49. The lowest BCUT2D eigenvalue weighted by Crippen LogP contribution is -2.16. The van der Waals surface area contributed by atoms with Crippen LogP contribution in [0.4, 0.5) is 5.69 Å². The minimum Gasteiger partial charge on any atom is -0.459 e. The molecule has 0 heterocycles. The van der Waals surface area contributed by atoms with Crippen LogP contribution in [0, 0.1) is 13.8 Å². The molecule has 1 fully saturated rings. The highest BCUT2D eigenvalue weighted by atomic mass is 16.5. The zero-order chi connectivity index (χ0) is 12.4. The van der Waals surface area contributed by atoms with Crippen molar-refractivity contribution in [2.45, 2.75) is 45.6 Å². The number of carbonyl (C=O) groups is 1. The van der Waals surface area contributed by atoms with Crippen molar-refractivity contribution >= 4 is 11.7 Å². The molecule has 1 aromatic carbocycles. The van der Waals surface area contributed by atoms with Gasteiger partial charge in [0.15, 0.2) is 0 Å². The van der Waals surface area contributed by atoms with Gasteiger partial charge in [0, 0.05) is 5.69 Å². The lowest BCUT2D eigenvalue weighted by molar-refractivity contribution is 0.0317. The van der Waals surface area contributed by atoms with Crippen LogP contribution in [0.25, 0.3) is 0 Å². The van der Waals surface area contributed by atoms with Gasteiger partial charge < -0.3 is 10.5 Å². The van der Waals surface area contributed by atoms with E-state index in [9.17, 15) is 4.79 Å². The molecule has 0 radical (unpaired) electrons. The van der Waals surface area contributed by atoms with Gasteiger partial charge in [0.1, 0.15) is 6.10 Å². The maximum atomic E-state index is 12.0. The topological polar surface area (TPSA) is 52.3 Å². The molecule has 2 N–H and O–H groups in total. The Morgan fingerprint density at radius 3 is 2.59 bits per heavy atom. The maximum Gasteiger partial charge on any atom is 0.338 e. The zero-order valence-electron chi connectivity index (χ0n) is 10.5. The predicted molar refractivity (Wildman–Crippen MR) is 68.0 cm³/mol. The number of hydrogen-bond acceptors (Lipinski definition) is 3. The van der Waals surface area contributed by atoms with Crippen molar-refractivity contribution < 1.29 is 9.53 Å². The second-order valence-corrected chi connectivity index (χ2v) is 4.82. The van der Waals surface area contributed by atoms with E-state index >= 15 is 0 Å². The van der Waals surface area contributed by atoms with Crippen molar-refractivity contribution in [2.75, 3.05) is 5.73 Å². The first-order valence-corrected chi connectivity index (χ1v) is 6.15. The SMILES string of the molecule is Cc1cc(N)cc(C(=O)OC2CCCC2)c1C.